The van der Waals surface area contributed by atoms with Crippen LogP contribution < -0.4 is 19.7 Å². The second kappa shape index (κ2) is 7.25. The number of benzene rings is 2. The molecule has 0 bridgehead atoms. The van der Waals surface area contributed by atoms with Gasteiger partial charge in [0.25, 0.3) is 5.91 Å². The summed E-state index contributed by atoms with van der Waals surface area (Å²) in [6.45, 7) is 1.70. The Morgan fingerprint density at radius 3 is 2.60 bits per heavy atom. The van der Waals surface area contributed by atoms with E-state index in [0.717, 1.165) is 0 Å². The summed E-state index contributed by atoms with van der Waals surface area (Å²) in [6.07, 6.45) is 0.231. The van der Waals surface area contributed by atoms with E-state index >= 15 is 0 Å². The molecule has 1 aliphatic heterocycles. The lowest BCUT2D eigenvalue weighted by atomic mass is 10.1. The number of hydrogen-bond acceptors (Lipinski definition) is 4. The van der Waals surface area contributed by atoms with Crippen LogP contribution in [0.15, 0.2) is 48.5 Å². The van der Waals surface area contributed by atoms with Crippen LogP contribution in [-0.2, 0) is 9.59 Å². The van der Waals surface area contributed by atoms with Crippen LogP contribution in [0.25, 0.3) is 0 Å². The first-order chi connectivity index (χ1) is 12.1. The van der Waals surface area contributed by atoms with Gasteiger partial charge < -0.3 is 19.7 Å². The zero-order valence-electron chi connectivity index (χ0n) is 14.2. The highest BCUT2D eigenvalue weighted by atomic mass is 16.5. The molecule has 130 valence electrons. The minimum absolute atomic E-state index is 0.110. The molecule has 0 fully saturated rings. The molecule has 1 atom stereocenters. The van der Waals surface area contributed by atoms with Gasteiger partial charge in [0.1, 0.15) is 0 Å². The molecule has 3 rings (SSSR count). The second-order valence-electron chi connectivity index (χ2n) is 5.82. The number of nitrogens with one attached hydrogen (secondary N) is 1. The van der Waals surface area contributed by atoms with Crippen LogP contribution in [0.5, 0.6) is 11.5 Å². The minimum Gasteiger partial charge on any atom is -0.493 e. The molecule has 2 amide bonds. The Balaban J connectivity index is 1.82. The third-order valence-corrected chi connectivity index (χ3v) is 4.05. The number of carbonyl (C=O) groups is 2. The lowest BCUT2D eigenvalue weighted by Gasteiger charge is -2.27. The van der Waals surface area contributed by atoms with Crippen LogP contribution >= 0.6 is 0 Å². The Bertz CT molecular complexity index is 790. The molecule has 6 nitrogen and oxygen atoms in total. The first-order valence-corrected chi connectivity index (χ1v) is 8.07. The van der Waals surface area contributed by atoms with Crippen LogP contribution in [0.4, 0.5) is 11.4 Å². The number of nitrogens with zero attached hydrogens (tertiary/aromatic N) is 1. The first-order valence-electron chi connectivity index (χ1n) is 8.07. The summed E-state index contributed by atoms with van der Waals surface area (Å²) in [5, 5.41) is 2.84. The SMILES string of the molecule is COc1ccccc1OCC(=O)N1c2ccccc2NC(=O)C[C@H]1C. The largest absolute Gasteiger partial charge is 0.493 e. The number of rotatable bonds is 4. The molecule has 0 unspecified atom stereocenters. The van der Waals surface area contributed by atoms with Crippen molar-refractivity contribution in [3.8, 4) is 11.5 Å². The van der Waals surface area contributed by atoms with E-state index in [2.05, 4.69) is 5.32 Å². The van der Waals surface area contributed by atoms with E-state index in [0.29, 0.717) is 22.9 Å². The van der Waals surface area contributed by atoms with Gasteiger partial charge in [-0.05, 0) is 31.2 Å². The Morgan fingerprint density at radius 2 is 1.84 bits per heavy atom. The Morgan fingerprint density at radius 1 is 1.16 bits per heavy atom. The average molecular weight is 340 g/mol. The predicted octanol–water partition coefficient (Wildman–Crippen LogP) is 2.84. The molecule has 6 heteroatoms. The third-order valence-electron chi connectivity index (χ3n) is 4.05. The molecule has 0 saturated heterocycles. The smallest absolute Gasteiger partial charge is 0.265 e. The number of carbonyl (C=O) groups excluding carboxylic acids is 2. The summed E-state index contributed by atoms with van der Waals surface area (Å²) < 4.78 is 10.9. The molecule has 1 heterocycles. The number of para-hydroxylation sites is 4. The van der Waals surface area contributed by atoms with Crippen LogP contribution in [-0.4, -0.2) is 31.6 Å². The molecule has 1 aliphatic rings. The summed E-state index contributed by atoms with van der Waals surface area (Å²) >= 11 is 0. The highest BCUT2D eigenvalue weighted by molar-refractivity contribution is 6.04. The zero-order valence-corrected chi connectivity index (χ0v) is 14.2. The van der Waals surface area contributed by atoms with Crippen molar-refractivity contribution in [2.45, 2.75) is 19.4 Å². The van der Waals surface area contributed by atoms with Gasteiger partial charge in [-0.25, -0.2) is 0 Å². The highest BCUT2D eigenvalue weighted by Gasteiger charge is 2.29. The van der Waals surface area contributed by atoms with Gasteiger partial charge in [0.15, 0.2) is 18.1 Å². The van der Waals surface area contributed by atoms with Gasteiger partial charge >= 0.3 is 0 Å². The molecular weight excluding hydrogens is 320 g/mol. The van der Waals surface area contributed by atoms with Crippen molar-refractivity contribution >= 4 is 23.2 Å². The van der Waals surface area contributed by atoms with Crippen molar-refractivity contribution in [1.29, 1.82) is 0 Å². The fourth-order valence-corrected chi connectivity index (χ4v) is 2.91. The summed E-state index contributed by atoms with van der Waals surface area (Å²) in [5.41, 5.74) is 1.30. The molecule has 0 spiro atoms. The predicted molar refractivity (Wildman–Crippen MR) is 95.1 cm³/mol. The molecule has 0 radical (unpaired) electrons. The van der Waals surface area contributed by atoms with Gasteiger partial charge in [0, 0.05) is 12.5 Å². The molecule has 0 aliphatic carbocycles. The fraction of sp³-hybridized carbons (Fsp3) is 0.263. The number of ether oxygens (including phenoxy) is 2. The topological polar surface area (TPSA) is 67.9 Å². The number of anilines is 2. The van der Waals surface area contributed by atoms with Crippen molar-refractivity contribution in [1.82, 2.24) is 0 Å². The number of methoxy groups -OCH3 is 1. The van der Waals surface area contributed by atoms with Crippen molar-refractivity contribution in [2.24, 2.45) is 0 Å². The molecule has 25 heavy (non-hydrogen) atoms. The lowest BCUT2D eigenvalue weighted by Crippen LogP contribution is -2.41. The number of fused-ring (bicyclic) bond motifs is 1. The maximum atomic E-state index is 12.8. The number of amides is 2. The molecule has 0 aromatic heterocycles. The Hall–Kier alpha value is -3.02. The van der Waals surface area contributed by atoms with Gasteiger partial charge in [0.2, 0.25) is 5.91 Å². The van der Waals surface area contributed by atoms with Gasteiger partial charge in [-0.3, -0.25) is 9.59 Å². The lowest BCUT2D eigenvalue weighted by molar-refractivity contribution is -0.121. The Labute approximate surface area is 146 Å². The molecule has 2 aromatic carbocycles. The van der Waals surface area contributed by atoms with Gasteiger partial charge in [0.05, 0.1) is 18.5 Å². The van der Waals surface area contributed by atoms with E-state index in [-0.39, 0.29) is 30.9 Å². The quantitative estimate of drug-likeness (QED) is 0.929. The van der Waals surface area contributed by atoms with Crippen molar-refractivity contribution in [3.05, 3.63) is 48.5 Å². The minimum atomic E-state index is -0.266. The van der Waals surface area contributed by atoms with Crippen molar-refractivity contribution in [3.63, 3.8) is 0 Å². The average Bonchev–Trinajstić information content (AvgIpc) is 2.74. The monoisotopic (exact) mass is 340 g/mol. The zero-order chi connectivity index (χ0) is 17.8. The van der Waals surface area contributed by atoms with Crippen LogP contribution in [0.2, 0.25) is 0 Å². The highest BCUT2D eigenvalue weighted by Crippen LogP contribution is 2.32. The molecule has 2 aromatic rings. The maximum Gasteiger partial charge on any atom is 0.265 e. The molecular formula is C19H20N2O4. The second-order valence-corrected chi connectivity index (χ2v) is 5.82. The standard InChI is InChI=1S/C19H20N2O4/c1-13-11-18(22)20-14-7-3-4-8-15(14)21(13)19(23)12-25-17-10-6-5-9-16(17)24-2/h3-10,13H,11-12H2,1-2H3,(H,20,22)/t13-/m1/s1. The molecule has 0 saturated carbocycles. The summed E-state index contributed by atoms with van der Waals surface area (Å²) in [7, 11) is 1.55. The molecule has 1 N–H and O–H groups in total. The van der Waals surface area contributed by atoms with Crippen molar-refractivity contribution in [2.75, 3.05) is 23.9 Å². The first kappa shape index (κ1) is 16.8. The van der Waals surface area contributed by atoms with Gasteiger partial charge in [-0.1, -0.05) is 24.3 Å². The van der Waals surface area contributed by atoms with E-state index in [1.54, 1.807) is 30.2 Å². The van der Waals surface area contributed by atoms with E-state index in [4.69, 9.17) is 9.47 Å². The van der Waals surface area contributed by atoms with E-state index in [9.17, 15) is 9.59 Å². The summed E-state index contributed by atoms with van der Waals surface area (Å²) in [4.78, 5) is 26.4. The number of hydrogen-bond donors (Lipinski definition) is 1. The van der Waals surface area contributed by atoms with E-state index in [1.807, 2.05) is 37.3 Å². The van der Waals surface area contributed by atoms with Crippen LogP contribution in [0.1, 0.15) is 13.3 Å². The summed E-state index contributed by atoms with van der Waals surface area (Å²) in [5.74, 6) is 0.739. The van der Waals surface area contributed by atoms with E-state index in [1.165, 1.54) is 0 Å². The van der Waals surface area contributed by atoms with Crippen LogP contribution in [0, 0.1) is 0 Å². The summed E-state index contributed by atoms with van der Waals surface area (Å²) in [6, 6.07) is 14.2. The fourth-order valence-electron chi connectivity index (χ4n) is 2.91. The normalized spacial score (nSPS) is 16.5. The van der Waals surface area contributed by atoms with Gasteiger partial charge in [-0.2, -0.15) is 0 Å². The Kier molecular flexibility index (Phi) is 4.88. The third kappa shape index (κ3) is 3.57. The van der Waals surface area contributed by atoms with Gasteiger partial charge in [-0.15, -0.1) is 0 Å². The van der Waals surface area contributed by atoms with Crippen molar-refractivity contribution < 1.29 is 19.1 Å². The maximum absolute atomic E-state index is 12.8. The van der Waals surface area contributed by atoms with Crippen LogP contribution in [0.3, 0.4) is 0 Å². The van der Waals surface area contributed by atoms with E-state index < -0.39 is 0 Å².